The van der Waals surface area contributed by atoms with Crippen LogP contribution < -0.4 is 5.32 Å². The number of carbonyl (C=O) groups excluding carboxylic acids is 1. The zero-order valence-corrected chi connectivity index (χ0v) is 16.6. The fourth-order valence-electron chi connectivity index (χ4n) is 6.44. The van der Waals surface area contributed by atoms with Crippen LogP contribution in [0.1, 0.15) is 49.1 Å². The first-order valence-electron chi connectivity index (χ1n) is 10.6. The molecular weight excluding hydrogens is 353 g/mol. The van der Waals surface area contributed by atoms with Crippen molar-refractivity contribution in [3.63, 3.8) is 0 Å². The van der Waals surface area contributed by atoms with E-state index in [-0.39, 0.29) is 11.7 Å². The van der Waals surface area contributed by atoms with E-state index in [0.29, 0.717) is 24.1 Å². The molecule has 0 saturated heterocycles. The van der Waals surface area contributed by atoms with Gasteiger partial charge in [0.25, 0.3) is 0 Å². The first-order valence-corrected chi connectivity index (χ1v) is 10.6. The molecule has 148 valence electrons. The van der Waals surface area contributed by atoms with Crippen LogP contribution in [-0.2, 0) is 11.2 Å². The van der Waals surface area contributed by atoms with E-state index in [9.17, 15) is 9.18 Å². The van der Waals surface area contributed by atoms with Crippen LogP contribution in [0, 0.1) is 43.3 Å². The number of hydrogen-bond donors (Lipinski definition) is 1. The van der Waals surface area contributed by atoms with E-state index in [1.165, 1.54) is 31.7 Å². The van der Waals surface area contributed by atoms with Crippen LogP contribution in [0.3, 0.4) is 0 Å². The molecule has 28 heavy (non-hydrogen) atoms. The quantitative estimate of drug-likeness (QED) is 0.866. The Morgan fingerprint density at radius 3 is 2.79 bits per heavy atom. The van der Waals surface area contributed by atoms with Crippen molar-refractivity contribution >= 4 is 5.91 Å². The predicted molar refractivity (Wildman–Crippen MR) is 106 cm³/mol. The highest BCUT2D eigenvalue weighted by Gasteiger charge is 2.54. The molecule has 0 aliphatic heterocycles. The van der Waals surface area contributed by atoms with Gasteiger partial charge in [-0.05, 0) is 75.3 Å². The third-order valence-electron chi connectivity index (χ3n) is 7.63. The highest BCUT2D eigenvalue weighted by Crippen LogP contribution is 2.58. The molecule has 3 aliphatic rings. The summed E-state index contributed by atoms with van der Waals surface area (Å²) in [5, 5.41) is 7.84. The van der Waals surface area contributed by atoms with E-state index >= 15 is 0 Å². The lowest BCUT2D eigenvalue weighted by Gasteiger charge is -2.32. The van der Waals surface area contributed by atoms with Crippen LogP contribution in [0.2, 0.25) is 0 Å². The van der Waals surface area contributed by atoms with Gasteiger partial charge >= 0.3 is 0 Å². The topological polar surface area (TPSA) is 46.9 Å². The van der Waals surface area contributed by atoms with Gasteiger partial charge in [0.1, 0.15) is 11.5 Å². The summed E-state index contributed by atoms with van der Waals surface area (Å²) in [4.78, 5) is 12.8. The van der Waals surface area contributed by atoms with Crippen molar-refractivity contribution in [2.75, 3.05) is 0 Å². The second-order valence-corrected chi connectivity index (χ2v) is 9.02. The molecule has 1 aromatic heterocycles. The lowest BCUT2D eigenvalue weighted by molar-refractivity contribution is -0.121. The minimum atomic E-state index is -0.308. The summed E-state index contributed by atoms with van der Waals surface area (Å²) in [6.45, 7) is 3.81. The molecule has 1 amide bonds. The van der Waals surface area contributed by atoms with Gasteiger partial charge in [0.15, 0.2) is 0 Å². The monoisotopic (exact) mass is 381 g/mol. The van der Waals surface area contributed by atoms with Crippen molar-refractivity contribution in [2.24, 2.45) is 23.7 Å². The Kier molecular flexibility index (Phi) is 4.29. The van der Waals surface area contributed by atoms with Crippen LogP contribution in [0.4, 0.5) is 4.39 Å². The number of para-hydroxylation sites is 1. The van der Waals surface area contributed by atoms with Crippen molar-refractivity contribution < 1.29 is 9.18 Å². The molecule has 4 nitrogen and oxygen atoms in total. The molecule has 1 N–H and O–H groups in total. The third kappa shape index (κ3) is 2.78. The summed E-state index contributed by atoms with van der Waals surface area (Å²) >= 11 is 0. The summed E-state index contributed by atoms with van der Waals surface area (Å²) in [5.41, 5.74) is 2.96. The Morgan fingerprint density at radius 1 is 1.18 bits per heavy atom. The maximum absolute atomic E-state index is 14.2. The average Bonchev–Trinajstić information content (AvgIpc) is 3.41. The standard InChI is InChI=1S/C23H28FN3O/c1-13-18(14(2)27(26-13)22-9-4-3-8-20(22)24)12-23(28)25-21-11-15-10-19(21)17-7-5-6-16(15)17/h3-4,8-9,15-17,19,21H,5-7,10-12H2,1-2H3,(H,25,28)/t15-,16-,17-,19+,21-/m1/s1. The Balaban J connectivity index is 1.30. The molecule has 1 heterocycles. The molecule has 3 saturated carbocycles. The molecule has 0 unspecified atom stereocenters. The molecule has 3 aliphatic carbocycles. The first kappa shape index (κ1) is 17.9. The van der Waals surface area contributed by atoms with Crippen molar-refractivity contribution in [1.82, 2.24) is 15.1 Å². The van der Waals surface area contributed by atoms with Crippen molar-refractivity contribution in [3.8, 4) is 5.69 Å². The van der Waals surface area contributed by atoms with Gasteiger partial charge in [-0.25, -0.2) is 9.07 Å². The van der Waals surface area contributed by atoms with Crippen LogP contribution in [0.5, 0.6) is 0 Å². The summed E-state index contributed by atoms with van der Waals surface area (Å²) < 4.78 is 15.8. The molecule has 5 atom stereocenters. The number of benzene rings is 1. The molecule has 2 aromatic rings. The van der Waals surface area contributed by atoms with Gasteiger partial charge in [0, 0.05) is 17.3 Å². The largest absolute Gasteiger partial charge is 0.353 e. The number of rotatable bonds is 4. The number of nitrogens with zero attached hydrogens (tertiary/aromatic N) is 2. The minimum Gasteiger partial charge on any atom is -0.353 e. The molecular formula is C23H28FN3O. The van der Waals surface area contributed by atoms with E-state index < -0.39 is 0 Å². The third-order valence-corrected chi connectivity index (χ3v) is 7.63. The Bertz CT molecular complexity index is 921. The molecule has 1 aromatic carbocycles. The summed E-state index contributed by atoms with van der Waals surface area (Å²) in [5.74, 6) is 3.06. The van der Waals surface area contributed by atoms with Crippen molar-refractivity contribution in [2.45, 2.75) is 58.4 Å². The van der Waals surface area contributed by atoms with Gasteiger partial charge in [-0.1, -0.05) is 18.6 Å². The van der Waals surface area contributed by atoms with Crippen LogP contribution in [0.25, 0.3) is 5.69 Å². The predicted octanol–water partition coefficient (Wildman–Crippen LogP) is 4.11. The summed E-state index contributed by atoms with van der Waals surface area (Å²) in [6, 6.07) is 6.96. The van der Waals surface area contributed by atoms with E-state index in [4.69, 9.17) is 0 Å². The smallest absolute Gasteiger partial charge is 0.224 e. The molecule has 5 rings (SSSR count). The Hall–Kier alpha value is -2.17. The van der Waals surface area contributed by atoms with Crippen molar-refractivity contribution in [3.05, 3.63) is 47.0 Å². The first-order chi connectivity index (χ1) is 13.5. The average molecular weight is 381 g/mol. The lowest BCUT2D eigenvalue weighted by atomic mass is 9.79. The van der Waals surface area contributed by atoms with Crippen LogP contribution >= 0.6 is 0 Å². The fourth-order valence-corrected chi connectivity index (χ4v) is 6.44. The second-order valence-electron chi connectivity index (χ2n) is 9.02. The second kappa shape index (κ2) is 6.71. The number of nitrogens with one attached hydrogen (secondary N) is 1. The Labute approximate surface area is 165 Å². The maximum Gasteiger partial charge on any atom is 0.224 e. The number of aromatic nitrogens is 2. The Morgan fingerprint density at radius 2 is 1.96 bits per heavy atom. The zero-order chi connectivity index (χ0) is 19.4. The number of fused-ring (bicyclic) bond motifs is 5. The maximum atomic E-state index is 14.2. The number of amides is 1. The number of halogens is 1. The number of hydrogen-bond acceptors (Lipinski definition) is 2. The fraction of sp³-hybridized carbons (Fsp3) is 0.565. The molecule has 2 bridgehead atoms. The summed E-state index contributed by atoms with van der Waals surface area (Å²) in [6.07, 6.45) is 6.91. The van der Waals surface area contributed by atoms with Gasteiger partial charge < -0.3 is 5.32 Å². The van der Waals surface area contributed by atoms with E-state index in [1.807, 2.05) is 13.8 Å². The van der Waals surface area contributed by atoms with Gasteiger partial charge in [-0.2, -0.15) is 5.10 Å². The highest BCUT2D eigenvalue weighted by molar-refractivity contribution is 5.79. The van der Waals surface area contributed by atoms with Crippen LogP contribution in [-0.4, -0.2) is 21.7 Å². The summed E-state index contributed by atoms with van der Waals surface area (Å²) in [7, 11) is 0. The van der Waals surface area contributed by atoms with Gasteiger partial charge in [0.05, 0.1) is 12.1 Å². The molecule has 0 radical (unpaired) electrons. The van der Waals surface area contributed by atoms with Crippen LogP contribution in [0.15, 0.2) is 24.3 Å². The van der Waals surface area contributed by atoms with E-state index in [1.54, 1.807) is 22.9 Å². The van der Waals surface area contributed by atoms with E-state index in [2.05, 4.69) is 10.4 Å². The van der Waals surface area contributed by atoms with Gasteiger partial charge in [-0.15, -0.1) is 0 Å². The number of aryl methyl sites for hydroxylation is 1. The van der Waals surface area contributed by atoms with Gasteiger partial charge in [0.2, 0.25) is 5.91 Å². The molecule has 3 fully saturated rings. The van der Waals surface area contributed by atoms with Gasteiger partial charge in [-0.3, -0.25) is 4.79 Å². The van der Waals surface area contributed by atoms with Crippen molar-refractivity contribution in [1.29, 1.82) is 0 Å². The lowest BCUT2D eigenvalue weighted by Crippen LogP contribution is -2.43. The SMILES string of the molecule is Cc1nn(-c2ccccc2F)c(C)c1CC(=O)N[C@@H]1C[C@H]2C[C@H]1[C@@H]1CCC[C@H]21. The highest BCUT2D eigenvalue weighted by atomic mass is 19.1. The zero-order valence-electron chi connectivity index (χ0n) is 16.6. The minimum absolute atomic E-state index is 0.0754. The normalized spacial score (nSPS) is 30.6. The number of carbonyl (C=O) groups is 1. The molecule has 5 heteroatoms. The molecule has 0 spiro atoms. The van der Waals surface area contributed by atoms with E-state index in [0.717, 1.165) is 41.1 Å².